The fraction of sp³-hybridized carbons (Fsp3) is 0.852. The summed E-state index contributed by atoms with van der Waals surface area (Å²) in [6.07, 6.45) is 12.9. The van der Waals surface area contributed by atoms with Gasteiger partial charge < -0.3 is 16.6 Å². The van der Waals surface area contributed by atoms with Crippen molar-refractivity contribution >= 4 is 33.3 Å². The van der Waals surface area contributed by atoms with Crippen LogP contribution in [0.1, 0.15) is 90.9 Å². The van der Waals surface area contributed by atoms with Gasteiger partial charge in [0.05, 0.1) is 6.04 Å². The van der Waals surface area contributed by atoms with Crippen LogP contribution in [-0.4, -0.2) is 40.0 Å². The number of rotatable bonds is 2. The molecule has 0 aromatic carbocycles. The van der Waals surface area contributed by atoms with Crippen LogP contribution in [0.4, 0.5) is 0 Å². The van der Waals surface area contributed by atoms with Crippen LogP contribution in [0.25, 0.3) is 0 Å². The molecule has 190 valence electrons. The maximum absolute atomic E-state index is 13.6. The molecule has 7 heteroatoms. The molecule has 3 saturated carbocycles. The monoisotopic (exact) mass is 505 g/mol. The number of nitrogens with zero attached hydrogens (tertiary/aromatic N) is 1. The molecule has 1 aliphatic heterocycles. The number of nitrogens with two attached hydrogens (primary N) is 2. The van der Waals surface area contributed by atoms with Crippen molar-refractivity contribution in [3.8, 4) is 0 Å². The minimum absolute atomic E-state index is 0.0449. The van der Waals surface area contributed by atoms with Crippen molar-refractivity contribution in [2.24, 2.45) is 45.0 Å². The molecule has 5 aliphatic rings. The molecule has 4 aliphatic carbocycles. The van der Waals surface area contributed by atoms with Crippen molar-refractivity contribution in [3.63, 3.8) is 0 Å². The van der Waals surface area contributed by atoms with Crippen LogP contribution in [-0.2, 0) is 4.79 Å². The minimum atomic E-state index is -0.0449. The van der Waals surface area contributed by atoms with Crippen molar-refractivity contribution in [2.45, 2.75) is 102 Å². The van der Waals surface area contributed by atoms with E-state index in [-0.39, 0.29) is 34.2 Å². The molecule has 0 radical (unpaired) electrons. The van der Waals surface area contributed by atoms with Gasteiger partial charge in [-0.1, -0.05) is 60.3 Å². The van der Waals surface area contributed by atoms with E-state index in [1.54, 1.807) is 0 Å². The number of aliphatic hydroxyl groups excluding tert-OH is 1. The summed E-state index contributed by atoms with van der Waals surface area (Å²) < 4.78 is 0.102. The molecule has 0 unspecified atom stereocenters. The summed E-state index contributed by atoms with van der Waals surface area (Å²) >= 11 is 0. The van der Waals surface area contributed by atoms with Crippen LogP contribution in [0, 0.1) is 28.6 Å². The van der Waals surface area contributed by atoms with Gasteiger partial charge in [0.2, 0.25) is 0 Å². The summed E-state index contributed by atoms with van der Waals surface area (Å²) in [5.74, 6) is 2.95. The zero-order chi connectivity index (χ0) is 24.1. The van der Waals surface area contributed by atoms with E-state index >= 15 is 0 Å². The van der Waals surface area contributed by atoms with Gasteiger partial charge in [-0.05, 0) is 80.1 Å². The molecule has 5 N–H and O–H groups in total. The number of aliphatic imine (C=N–C) groups is 1. The Morgan fingerprint density at radius 1 is 1.18 bits per heavy atom. The second-order valence-electron chi connectivity index (χ2n) is 12.1. The molecule has 0 amide bonds. The van der Waals surface area contributed by atoms with Crippen LogP contribution < -0.4 is 11.5 Å². The number of Topliss-reactive ketones (excluding diaryl/α,β-unsaturated/α-hetero) is 1. The van der Waals surface area contributed by atoms with Gasteiger partial charge in [0, 0.05) is 28.9 Å². The first kappa shape index (κ1) is 25.0. The zero-order valence-corrected chi connectivity index (χ0v) is 22.6. The zero-order valence-electron chi connectivity index (χ0n) is 21.0. The highest BCUT2D eigenvalue weighted by atomic mass is 33.1. The highest BCUT2D eigenvalue weighted by Crippen LogP contribution is 2.74. The van der Waals surface area contributed by atoms with E-state index in [0.29, 0.717) is 30.0 Å². The largest absolute Gasteiger partial charge is 0.396 e. The van der Waals surface area contributed by atoms with Crippen molar-refractivity contribution < 1.29 is 9.90 Å². The Hall–Kier alpha value is -0.660. The Morgan fingerprint density at radius 2 is 1.94 bits per heavy atom. The number of carbonyl (C=O) groups is 1. The molecule has 0 aromatic heterocycles. The number of hydrogen-bond acceptors (Lipinski definition) is 5. The first-order valence-electron chi connectivity index (χ1n) is 13.5. The predicted molar refractivity (Wildman–Crippen MR) is 144 cm³/mol. The summed E-state index contributed by atoms with van der Waals surface area (Å²) in [5.41, 5.74) is 14.6. The van der Waals surface area contributed by atoms with Gasteiger partial charge in [-0.3, -0.25) is 4.79 Å². The van der Waals surface area contributed by atoms with E-state index in [1.807, 2.05) is 10.8 Å². The Morgan fingerprint density at radius 3 is 2.65 bits per heavy atom. The van der Waals surface area contributed by atoms with Gasteiger partial charge in [0.25, 0.3) is 0 Å². The van der Waals surface area contributed by atoms with E-state index < -0.39 is 0 Å². The second kappa shape index (κ2) is 9.33. The van der Waals surface area contributed by atoms with Crippen LogP contribution >= 0.6 is 21.6 Å². The van der Waals surface area contributed by atoms with Gasteiger partial charge in [0.15, 0.2) is 11.7 Å². The Bertz CT molecular complexity index is 879. The Kier molecular flexibility index (Phi) is 6.86. The summed E-state index contributed by atoms with van der Waals surface area (Å²) in [6.45, 7) is 5.08. The Balaban J connectivity index is 1.52. The lowest BCUT2D eigenvalue weighted by atomic mass is 9.48. The van der Waals surface area contributed by atoms with E-state index in [2.05, 4.69) is 24.6 Å². The number of aliphatic hydroxyl groups is 1. The maximum atomic E-state index is 13.6. The molecular formula is C27H43N3O2S2. The first-order chi connectivity index (χ1) is 16.3. The van der Waals surface area contributed by atoms with Gasteiger partial charge in [-0.2, -0.15) is 0 Å². The second-order valence-corrected chi connectivity index (χ2v) is 14.9. The van der Waals surface area contributed by atoms with Crippen molar-refractivity contribution in [1.29, 1.82) is 0 Å². The number of hydrogen-bond donors (Lipinski definition) is 3. The third-order valence-corrected chi connectivity index (χ3v) is 14.2. The topological polar surface area (TPSA) is 102 Å². The molecule has 0 aromatic rings. The highest BCUT2D eigenvalue weighted by Gasteiger charge is 2.69. The van der Waals surface area contributed by atoms with Crippen LogP contribution in [0.5, 0.6) is 0 Å². The summed E-state index contributed by atoms with van der Waals surface area (Å²) in [4.78, 5) is 18.4. The third kappa shape index (κ3) is 3.70. The molecular weight excluding hydrogens is 462 g/mol. The molecule has 5 bridgehead atoms. The van der Waals surface area contributed by atoms with E-state index in [9.17, 15) is 9.90 Å². The normalized spacial score (nSPS) is 42.1. The molecule has 34 heavy (non-hydrogen) atoms. The fourth-order valence-electron chi connectivity index (χ4n) is 8.95. The predicted octanol–water partition coefficient (Wildman–Crippen LogP) is 5.22. The Labute approximate surface area is 213 Å². The van der Waals surface area contributed by atoms with Gasteiger partial charge in [-0.15, -0.1) is 0 Å². The summed E-state index contributed by atoms with van der Waals surface area (Å²) in [6, 6.07) is 0.122. The van der Waals surface area contributed by atoms with E-state index in [1.165, 1.54) is 37.7 Å². The SMILES string of the molecule is C[C@@H]1[C@@H](CO)C[C@@H]2CC3=C4CCC[C@H](N=C(N)N)C5(CCCCC5)SSCC[C@]2(C)[C@]31CC4=O. The lowest BCUT2D eigenvalue weighted by molar-refractivity contribution is -0.123. The van der Waals surface area contributed by atoms with Gasteiger partial charge in [-0.25, -0.2) is 4.99 Å². The van der Waals surface area contributed by atoms with Crippen LogP contribution in [0.15, 0.2) is 16.1 Å². The lowest BCUT2D eigenvalue weighted by Crippen LogP contribution is -2.51. The molecule has 3 fully saturated rings. The van der Waals surface area contributed by atoms with Crippen molar-refractivity contribution in [2.75, 3.05) is 12.4 Å². The standard InChI is InChI=1S/C27H43N3O2S2/c1-17-18(16-31)13-19-14-21-20-7-6-8-23(30-24(28)29)26(9-4-3-5-10-26)34-33-12-11-25(19,2)27(17,21)15-22(20)32/h17-19,23,31H,3-16H2,1-2H3,(H4,28,29,30)/t17-,18-,19-,23+,25+,27+/m1/s1. The summed E-state index contributed by atoms with van der Waals surface area (Å²) in [7, 11) is 4.10. The summed E-state index contributed by atoms with van der Waals surface area (Å²) in [5, 5.41) is 10.2. The molecule has 6 atom stereocenters. The van der Waals surface area contributed by atoms with E-state index in [0.717, 1.165) is 49.9 Å². The smallest absolute Gasteiger partial charge is 0.186 e. The quantitative estimate of drug-likeness (QED) is 0.270. The third-order valence-electron chi connectivity index (χ3n) is 10.8. The number of carbonyl (C=O) groups excluding carboxylic acids is 1. The van der Waals surface area contributed by atoms with Crippen molar-refractivity contribution in [3.05, 3.63) is 11.1 Å². The molecule has 5 rings (SSSR count). The fourth-order valence-corrected chi connectivity index (χ4v) is 12.5. The van der Waals surface area contributed by atoms with E-state index in [4.69, 9.17) is 16.5 Å². The first-order valence-corrected chi connectivity index (χ1v) is 15.9. The number of ketones is 1. The molecule has 5 nitrogen and oxygen atoms in total. The molecule has 2 spiro atoms. The molecule has 0 saturated heterocycles. The highest BCUT2D eigenvalue weighted by molar-refractivity contribution is 8.77. The number of guanidine groups is 1. The van der Waals surface area contributed by atoms with Crippen LogP contribution in [0.2, 0.25) is 0 Å². The minimum Gasteiger partial charge on any atom is -0.396 e. The van der Waals surface area contributed by atoms with Gasteiger partial charge >= 0.3 is 0 Å². The maximum Gasteiger partial charge on any atom is 0.186 e. The average molecular weight is 506 g/mol. The average Bonchev–Trinajstić information content (AvgIpc) is 3.16. The number of allylic oxidation sites excluding steroid dienone is 2. The molecule has 1 heterocycles. The lowest BCUT2D eigenvalue weighted by Gasteiger charge is -2.55. The van der Waals surface area contributed by atoms with Crippen molar-refractivity contribution in [1.82, 2.24) is 0 Å². The van der Waals surface area contributed by atoms with Crippen LogP contribution in [0.3, 0.4) is 0 Å². The van der Waals surface area contributed by atoms with Gasteiger partial charge in [0.1, 0.15) is 0 Å².